The van der Waals surface area contributed by atoms with Gasteiger partial charge in [0.2, 0.25) is 0 Å². The Labute approximate surface area is 150 Å². The topological polar surface area (TPSA) is 98.5 Å². The van der Waals surface area contributed by atoms with Crippen molar-refractivity contribution in [3.63, 3.8) is 0 Å². The Morgan fingerprint density at radius 1 is 1.19 bits per heavy atom. The predicted molar refractivity (Wildman–Crippen MR) is 97.5 cm³/mol. The van der Waals surface area contributed by atoms with E-state index in [4.69, 9.17) is 4.74 Å². The van der Waals surface area contributed by atoms with Gasteiger partial charge < -0.3 is 10.1 Å². The Balaban J connectivity index is 1.89. The summed E-state index contributed by atoms with van der Waals surface area (Å²) in [5, 5.41) is 13.3. The van der Waals surface area contributed by atoms with E-state index in [0.29, 0.717) is 11.3 Å². The first-order valence-corrected chi connectivity index (χ1v) is 7.86. The maximum absolute atomic E-state index is 12.1. The van der Waals surface area contributed by atoms with Crippen LogP contribution in [0.4, 0.5) is 11.4 Å². The predicted octanol–water partition coefficient (Wildman–Crippen LogP) is 3.49. The summed E-state index contributed by atoms with van der Waals surface area (Å²) in [7, 11) is 0. The van der Waals surface area contributed by atoms with Crippen LogP contribution < -0.4 is 5.32 Å². The van der Waals surface area contributed by atoms with E-state index in [0.717, 1.165) is 11.6 Å². The first-order valence-electron chi connectivity index (χ1n) is 7.86. The molecule has 0 aliphatic rings. The summed E-state index contributed by atoms with van der Waals surface area (Å²) in [6.45, 7) is 3.38. The highest BCUT2D eigenvalue weighted by Crippen LogP contribution is 2.13. The fourth-order valence-corrected chi connectivity index (χ4v) is 2.11. The number of anilines is 1. The number of nitrogens with one attached hydrogen (secondary N) is 1. The molecule has 1 N–H and O–H groups in total. The van der Waals surface area contributed by atoms with E-state index in [-0.39, 0.29) is 5.69 Å². The molecule has 0 radical (unpaired) electrons. The van der Waals surface area contributed by atoms with E-state index in [1.54, 1.807) is 12.1 Å². The maximum atomic E-state index is 12.1. The molecule has 2 rings (SSSR count). The number of nitro benzene ring substituents is 1. The number of ether oxygens (including phenoxy) is 1. The second-order valence-corrected chi connectivity index (χ2v) is 5.62. The number of hydrogen-bond acceptors (Lipinski definition) is 5. The van der Waals surface area contributed by atoms with Gasteiger partial charge in [0.15, 0.2) is 6.10 Å². The van der Waals surface area contributed by atoms with Gasteiger partial charge in [-0.15, -0.1) is 0 Å². The fraction of sp³-hybridized carbons (Fsp3) is 0.158. The van der Waals surface area contributed by atoms with Crippen LogP contribution in [0.2, 0.25) is 0 Å². The Morgan fingerprint density at radius 2 is 1.88 bits per heavy atom. The lowest BCUT2D eigenvalue weighted by Gasteiger charge is -2.12. The van der Waals surface area contributed by atoms with E-state index in [1.165, 1.54) is 37.3 Å². The van der Waals surface area contributed by atoms with Crippen LogP contribution >= 0.6 is 0 Å². The van der Waals surface area contributed by atoms with Crippen molar-refractivity contribution >= 4 is 29.3 Å². The standard InChI is InChI=1S/C19H18N2O5/c1-13-4-3-5-16(12-13)20-19(23)14(2)26-18(22)11-8-15-6-9-17(10-7-15)21(24)25/h3-12,14H,1-2H3,(H,20,23)/b11-8+/t14-/m0/s1. The molecule has 0 aromatic heterocycles. The van der Waals surface area contributed by atoms with Crippen LogP contribution in [-0.4, -0.2) is 22.9 Å². The molecular formula is C19H18N2O5. The maximum Gasteiger partial charge on any atom is 0.331 e. The summed E-state index contributed by atoms with van der Waals surface area (Å²) in [6.07, 6.45) is 1.65. The van der Waals surface area contributed by atoms with Crippen molar-refractivity contribution in [3.05, 3.63) is 75.8 Å². The van der Waals surface area contributed by atoms with Gasteiger partial charge in [0.05, 0.1) is 4.92 Å². The normalized spacial score (nSPS) is 11.8. The summed E-state index contributed by atoms with van der Waals surface area (Å²) in [4.78, 5) is 34.0. The summed E-state index contributed by atoms with van der Waals surface area (Å²) < 4.78 is 5.05. The Bertz CT molecular complexity index is 843. The van der Waals surface area contributed by atoms with Gasteiger partial charge in [-0.25, -0.2) is 4.79 Å². The Hall–Kier alpha value is -3.48. The Morgan fingerprint density at radius 3 is 2.50 bits per heavy atom. The highest BCUT2D eigenvalue weighted by atomic mass is 16.6. The van der Waals surface area contributed by atoms with Crippen molar-refractivity contribution in [2.45, 2.75) is 20.0 Å². The molecule has 0 aliphatic carbocycles. The SMILES string of the molecule is Cc1cccc(NC(=O)[C@H](C)OC(=O)/C=C/c2ccc([N+](=O)[O-])cc2)c1. The van der Waals surface area contributed by atoms with Gasteiger partial charge in [-0.2, -0.15) is 0 Å². The lowest BCUT2D eigenvalue weighted by atomic mass is 10.2. The minimum absolute atomic E-state index is 0.0360. The van der Waals surface area contributed by atoms with Crippen LogP contribution in [0.5, 0.6) is 0 Å². The molecule has 0 aliphatic heterocycles. The van der Waals surface area contributed by atoms with E-state index < -0.39 is 22.9 Å². The lowest BCUT2D eigenvalue weighted by molar-refractivity contribution is -0.384. The van der Waals surface area contributed by atoms with Gasteiger partial charge in [0, 0.05) is 23.9 Å². The van der Waals surface area contributed by atoms with E-state index in [1.807, 2.05) is 19.1 Å². The zero-order chi connectivity index (χ0) is 19.1. The first kappa shape index (κ1) is 18.9. The van der Waals surface area contributed by atoms with Gasteiger partial charge in [-0.05, 0) is 55.3 Å². The van der Waals surface area contributed by atoms with Crippen molar-refractivity contribution in [3.8, 4) is 0 Å². The second kappa shape index (κ2) is 8.57. The van der Waals surface area contributed by atoms with Gasteiger partial charge in [-0.1, -0.05) is 12.1 Å². The lowest BCUT2D eigenvalue weighted by Crippen LogP contribution is -2.29. The first-order chi connectivity index (χ1) is 12.3. The number of carbonyl (C=O) groups excluding carboxylic acids is 2. The molecule has 2 aromatic rings. The summed E-state index contributed by atoms with van der Waals surface area (Å²) in [6, 6.07) is 13.0. The van der Waals surface area contributed by atoms with Gasteiger partial charge in [-0.3, -0.25) is 14.9 Å². The van der Waals surface area contributed by atoms with Crippen LogP contribution in [0.15, 0.2) is 54.6 Å². The highest BCUT2D eigenvalue weighted by molar-refractivity contribution is 5.96. The fourth-order valence-electron chi connectivity index (χ4n) is 2.11. The number of aryl methyl sites for hydroxylation is 1. The van der Waals surface area contributed by atoms with Gasteiger partial charge in [0.1, 0.15) is 0 Å². The van der Waals surface area contributed by atoms with Crippen LogP contribution in [0.25, 0.3) is 6.08 Å². The molecule has 1 atom stereocenters. The monoisotopic (exact) mass is 354 g/mol. The molecule has 0 saturated carbocycles. The molecule has 7 nitrogen and oxygen atoms in total. The zero-order valence-corrected chi connectivity index (χ0v) is 14.3. The number of benzene rings is 2. The second-order valence-electron chi connectivity index (χ2n) is 5.62. The quantitative estimate of drug-likeness (QED) is 0.370. The number of nitrogens with zero attached hydrogens (tertiary/aromatic N) is 1. The van der Waals surface area contributed by atoms with Gasteiger partial charge in [0.25, 0.3) is 11.6 Å². The third-order valence-electron chi connectivity index (χ3n) is 3.46. The van der Waals surface area contributed by atoms with Crippen molar-refractivity contribution < 1.29 is 19.2 Å². The molecule has 0 fully saturated rings. The van der Waals surface area contributed by atoms with E-state index in [9.17, 15) is 19.7 Å². The van der Waals surface area contributed by atoms with E-state index in [2.05, 4.69) is 5.32 Å². The Kier molecular flexibility index (Phi) is 6.21. The molecule has 2 aromatic carbocycles. The van der Waals surface area contributed by atoms with Crippen molar-refractivity contribution in [1.29, 1.82) is 0 Å². The van der Waals surface area contributed by atoms with Crippen molar-refractivity contribution in [2.24, 2.45) is 0 Å². The van der Waals surface area contributed by atoms with E-state index >= 15 is 0 Å². The highest BCUT2D eigenvalue weighted by Gasteiger charge is 2.16. The summed E-state index contributed by atoms with van der Waals surface area (Å²) >= 11 is 0. The minimum Gasteiger partial charge on any atom is -0.449 e. The number of non-ortho nitro benzene ring substituents is 1. The van der Waals surface area contributed by atoms with Crippen LogP contribution in [0, 0.1) is 17.0 Å². The molecule has 0 saturated heterocycles. The number of esters is 1. The number of amides is 1. The smallest absolute Gasteiger partial charge is 0.331 e. The molecule has 0 heterocycles. The molecule has 0 bridgehead atoms. The molecule has 1 amide bonds. The number of carbonyl (C=O) groups is 2. The molecule has 0 unspecified atom stereocenters. The van der Waals surface area contributed by atoms with Crippen LogP contribution in [0.1, 0.15) is 18.1 Å². The minimum atomic E-state index is -0.968. The molecule has 0 spiro atoms. The number of nitro groups is 1. The molecular weight excluding hydrogens is 336 g/mol. The zero-order valence-electron chi connectivity index (χ0n) is 14.3. The van der Waals surface area contributed by atoms with Crippen molar-refractivity contribution in [1.82, 2.24) is 0 Å². The van der Waals surface area contributed by atoms with Gasteiger partial charge >= 0.3 is 5.97 Å². The molecule has 26 heavy (non-hydrogen) atoms. The molecule has 7 heteroatoms. The number of hydrogen-bond donors (Lipinski definition) is 1. The van der Waals surface area contributed by atoms with Crippen LogP contribution in [-0.2, 0) is 14.3 Å². The van der Waals surface area contributed by atoms with Crippen molar-refractivity contribution in [2.75, 3.05) is 5.32 Å². The summed E-state index contributed by atoms with van der Waals surface area (Å²) in [5.74, 6) is -1.12. The largest absolute Gasteiger partial charge is 0.449 e. The number of rotatable bonds is 6. The average molecular weight is 354 g/mol. The third kappa shape index (κ3) is 5.55. The average Bonchev–Trinajstić information content (AvgIpc) is 2.60. The molecule has 134 valence electrons. The summed E-state index contributed by atoms with van der Waals surface area (Å²) in [5.41, 5.74) is 2.19. The third-order valence-corrected chi connectivity index (χ3v) is 3.46. The van der Waals surface area contributed by atoms with Crippen LogP contribution in [0.3, 0.4) is 0 Å².